The molecule has 114 valence electrons. The molecular weight excluding hydrogens is 267 g/mol. The van der Waals surface area contributed by atoms with Crippen molar-refractivity contribution in [2.24, 2.45) is 12.8 Å². The zero-order valence-electron chi connectivity index (χ0n) is 12.9. The zero-order valence-corrected chi connectivity index (χ0v) is 12.9. The molecule has 2 N–H and O–H groups in total. The van der Waals surface area contributed by atoms with Gasteiger partial charge < -0.3 is 15.2 Å². The Morgan fingerprint density at radius 1 is 1.43 bits per heavy atom. The third-order valence-corrected chi connectivity index (χ3v) is 3.76. The maximum atomic E-state index is 14.3. The van der Waals surface area contributed by atoms with Gasteiger partial charge in [0.05, 0.1) is 12.2 Å². The topological polar surface area (TPSA) is 47.1 Å². The number of para-hydroxylation sites is 1. The van der Waals surface area contributed by atoms with E-state index in [-0.39, 0.29) is 11.9 Å². The minimum atomic E-state index is -0.215. The lowest BCUT2D eigenvalue weighted by atomic mass is 10.0. The van der Waals surface area contributed by atoms with E-state index in [1.54, 1.807) is 12.3 Å². The van der Waals surface area contributed by atoms with Crippen LogP contribution in [0, 0.1) is 5.82 Å². The second kappa shape index (κ2) is 6.72. The smallest absolute Gasteiger partial charge is 0.146 e. The van der Waals surface area contributed by atoms with Crippen LogP contribution in [0.2, 0.25) is 0 Å². The van der Waals surface area contributed by atoms with E-state index in [9.17, 15) is 4.39 Å². The highest BCUT2D eigenvalue weighted by molar-refractivity contribution is 5.54. The van der Waals surface area contributed by atoms with E-state index in [1.807, 2.05) is 42.7 Å². The summed E-state index contributed by atoms with van der Waals surface area (Å²) in [5, 5.41) is 0. The number of imidazole rings is 1. The first-order valence-corrected chi connectivity index (χ1v) is 7.23. The molecule has 1 atom stereocenters. The molecule has 0 aliphatic carbocycles. The molecule has 21 heavy (non-hydrogen) atoms. The van der Waals surface area contributed by atoms with Crippen LogP contribution in [0.3, 0.4) is 0 Å². The number of hydrogen-bond donors (Lipinski definition) is 1. The number of anilines is 1. The van der Waals surface area contributed by atoms with Crippen molar-refractivity contribution >= 4 is 5.69 Å². The Labute approximate surface area is 125 Å². The van der Waals surface area contributed by atoms with Crippen LogP contribution in [0.25, 0.3) is 0 Å². The molecule has 0 spiro atoms. The van der Waals surface area contributed by atoms with Gasteiger partial charge in [0, 0.05) is 32.5 Å². The third-order valence-electron chi connectivity index (χ3n) is 3.76. The molecule has 1 aromatic heterocycles. The van der Waals surface area contributed by atoms with Crippen molar-refractivity contribution in [3.05, 3.63) is 47.8 Å². The summed E-state index contributed by atoms with van der Waals surface area (Å²) in [5.41, 5.74) is 7.59. The summed E-state index contributed by atoms with van der Waals surface area (Å²) in [7, 11) is 3.82. The monoisotopic (exact) mass is 290 g/mol. The Balaban J connectivity index is 2.26. The predicted octanol–water partition coefficient (Wildman–Crippen LogP) is 2.48. The van der Waals surface area contributed by atoms with Gasteiger partial charge in [-0.25, -0.2) is 9.37 Å². The second-order valence-corrected chi connectivity index (χ2v) is 5.43. The number of nitrogens with two attached hydrogens (primary N) is 1. The largest absolute Gasteiger partial charge is 0.365 e. The fraction of sp³-hybridized carbons (Fsp3) is 0.438. The lowest BCUT2D eigenvalue weighted by Crippen LogP contribution is -2.25. The van der Waals surface area contributed by atoms with Gasteiger partial charge in [-0.1, -0.05) is 19.1 Å². The van der Waals surface area contributed by atoms with Gasteiger partial charge in [0.1, 0.15) is 11.6 Å². The van der Waals surface area contributed by atoms with Crippen molar-refractivity contribution in [1.82, 2.24) is 9.55 Å². The zero-order chi connectivity index (χ0) is 15.4. The van der Waals surface area contributed by atoms with Crippen LogP contribution in [0.1, 0.15) is 24.7 Å². The second-order valence-electron chi connectivity index (χ2n) is 5.43. The van der Waals surface area contributed by atoms with Gasteiger partial charge in [-0.2, -0.15) is 0 Å². The number of nitrogens with zero attached hydrogens (tertiary/aromatic N) is 3. The Morgan fingerprint density at radius 3 is 2.81 bits per heavy atom. The fourth-order valence-electron chi connectivity index (χ4n) is 2.42. The van der Waals surface area contributed by atoms with Crippen LogP contribution in [0.4, 0.5) is 10.1 Å². The molecule has 0 saturated heterocycles. The number of halogens is 1. The lowest BCUT2D eigenvalue weighted by Gasteiger charge is -2.24. The van der Waals surface area contributed by atoms with Crippen LogP contribution >= 0.6 is 0 Å². The average molecular weight is 290 g/mol. The van der Waals surface area contributed by atoms with E-state index in [2.05, 4.69) is 4.98 Å². The third kappa shape index (κ3) is 3.61. The van der Waals surface area contributed by atoms with Crippen LogP contribution in [-0.4, -0.2) is 22.6 Å². The van der Waals surface area contributed by atoms with E-state index in [1.165, 1.54) is 6.07 Å². The summed E-state index contributed by atoms with van der Waals surface area (Å²) in [6.45, 7) is 2.60. The highest BCUT2D eigenvalue weighted by Gasteiger charge is 2.16. The van der Waals surface area contributed by atoms with Gasteiger partial charge in [0.25, 0.3) is 0 Å². The van der Waals surface area contributed by atoms with Crippen molar-refractivity contribution in [2.75, 3.05) is 11.9 Å². The summed E-state index contributed by atoms with van der Waals surface area (Å²) in [6, 6.07) is 5.23. The van der Waals surface area contributed by atoms with Gasteiger partial charge in [0.2, 0.25) is 0 Å². The summed E-state index contributed by atoms with van der Waals surface area (Å²) in [4.78, 5) is 6.19. The molecule has 0 saturated carbocycles. The molecule has 0 radical (unpaired) electrons. The molecule has 1 unspecified atom stereocenters. The van der Waals surface area contributed by atoms with Crippen molar-refractivity contribution < 1.29 is 4.39 Å². The van der Waals surface area contributed by atoms with E-state index >= 15 is 0 Å². The first-order chi connectivity index (χ1) is 10.0. The van der Waals surface area contributed by atoms with Crippen LogP contribution in [-0.2, 0) is 20.0 Å². The van der Waals surface area contributed by atoms with Crippen molar-refractivity contribution in [3.8, 4) is 0 Å². The highest BCUT2D eigenvalue weighted by Crippen LogP contribution is 2.26. The van der Waals surface area contributed by atoms with Crippen molar-refractivity contribution in [3.63, 3.8) is 0 Å². The van der Waals surface area contributed by atoms with Crippen LogP contribution < -0.4 is 10.6 Å². The molecule has 4 nitrogen and oxygen atoms in total. The Morgan fingerprint density at radius 2 is 2.19 bits per heavy atom. The van der Waals surface area contributed by atoms with Crippen LogP contribution in [0.15, 0.2) is 30.6 Å². The Kier molecular flexibility index (Phi) is 4.96. The van der Waals surface area contributed by atoms with E-state index < -0.39 is 0 Å². The fourth-order valence-corrected chi connectivity index (χ4v) is 2.42. The maximum Gasteiger partial charge on any atom is 0.146 e. The standard InChI is InChI=1S/C16H23FN4/c1-4-13(18)10-12-6-5-7-14(17)16(12)21(3)11-15-19-8-9-20(15)2/h5-9,13H,4,10-11,18H2,1-3H3. The summed E-state index contributed by atoms with van der Waals surface area (Å²) in [6.07, 6.45) is 5.18. The van der Waals surface area contributed by atoms with E-state index in [0.717, 1.165) is 17.8 Å². The van der Waals surface area contributed by atoms with E-state index in [4.69, 9.17) is 5.73 Å². The van der Waals surface area contributed by atoms with Gasteiger partial charge in [-0.05, 0) is 24.5 Å². The van der Waals surface area contributed by atoms with Gasteiger partial charge in [-0.3, -0.25) is 0 Å². The predicted molar refractivity (Wildman–Crippen MR) is 83.7 cm³/mol. The normalized spacial score (nSPS) is 12.4. The number of aryl methyl sites for hydroxylation is 1. The summed E-state index contributed by atoms with van der Waals surface area (Å²) in [5.74, 6) is 0.680. The molecular formula is C16H23FN4. The number of aromatic nitrogens is 2. The quantitative estimate of drug-likeness (QED) is 0.889. The molecule has 2 rings (SSSR count). The molecule has 1 heterocycles. The molecule has 0 fully saturated rings. The minimum absolute atomic E-state index is 0.0483. The SMILES string of the molecule is CCC(N)Cc1cccc(F)c1N(C)Cc1nccn1C. The summed E-state index contributed by atoms with van der Waals surface area (Å²) < 4.78 is 16.2. The lowest BCUT2D eigenvalue weighted by molar-refractivity contribution is 0.606. The van der Waals surface area contributed by atoms with Crippen molar-refractivity contribution in [1.29, 1.82) is 0 Å². The first kappa shape index (κ1) is 15.5. The van der Waals surface area contributed by atoms with Gasteiger partial charge in [-0.15, -0.1) is 0 Å². The van der Waals surface area contributed by atoms with E-state index in [0.29, 0.717) is 18.7 Å². The molecule has 5 heteroatoms. The number of hydrogen-bond acceptors (Lipinski definition) is 3. The Bertz CT molecular complexity index is 594. The first-order valence-electron chi connectivity index (χ1n) is 7.23. The molecule has 1 aromatic carbocycles. The highest BCUT2D eigenvalue weighted by atomic mass is 19.1. The molecule has 0 aliphatic rings. The molecule has 0 amide bonds. The summed E-state index contributed by atoms with van der Waals surface area (Å²) >= 11 is 0. The number of rotatable bonds is 6. The molecule has 2 aromatic rings. The van der Waals surface area contributed by atoms with Crippen LogP contribution in [0.5, 0.6) is 0 Å². The number of benzene rings is 1. The van der Waals surface area contributed by atoms with Crippen molar-refractivity contribution in [2.45, 2.75) is 32.4 Å². The van der Waals surface area contributed by atoms with Gasteiger partial charge in [0.15, 0.2) is 0 Å². The Hall–Kier alpha value is -1.88. The minimum Gasteiger partial charge on any atom is -0.365 e. The average Bonchev–Trinajstić information content (AvgIpc) is 2.84. The van der Waals surface area contributed by atoms with Gasteiger partial charge >= 0.3 is 0 Å². The molecule has 0 aliphatic heterocycles. The maximum absolute atomic E-state index is 14.3. The molecule has 0 bridgehead atoms.